The summed E-state index contributed by atoms with van der Waals surface area (Å²) in [6.07, 6.45) is 7.20. The molecule has 2 fully saturated rings. The smallest absolute Gasteiger partial charge is 0.251 e. The number of nitrogens with zero attached hydrogens (tertiary/aromatic N) is 1. The van der Waals surface area contributed by atoms with Gasteiger partial charge < -0.3 is 5.32 Å². The highest BCUT2D eigenvalue weighted by atomic mass is 32.2. The third kappa shape index (κ3) is 3.64. The average Bonchev–Trinajstić information content (AvgIpc) is 3.08. The molecule has 1 saturated heterocycles. The van der Waals surface area contributed by atoms with E-state index in [-0.39, 0.29) is 16.8 Å². The van der Waals surface area contributed by atoms with Gasteiger partial charge in [-0.05, 0) is 50.3 Å². The molecule has 1 heterocycles. The van der Waals surface area contributed by atoms with E-state index < -0.39 is 10.0 Å². The Morgan fingerprint density at radius 2 is 1.75 bits per heavy atom. The van der Waals surface area contributed by atoms with E-state index in [0.29, 0.717) is 18.7 Å². The van der Waals surface area contributed by atoms with E-state index in [1.165, 1.54) is 0 Å². The van der Waals surface area contributed by atoms with E-state index in [2.05, 4.69) is 5.32 Å². The van der Waals surface area contributed by atoms with Gasteiger partial charge in [-0.2, -0.15) is 4.31 Å². The molecule has 1 aliphatic heterocycles. The molecule has 1 N–H and O–H groups in total. The summed E-state index contributed by atoms with van der Waals surface area (Å²) in [5, 5.41) is 3.05. The van der Waals surface area contributed by atoms with E-state index in [1.807, 2.05) is 6.92 Å². The number of benzene rings is 1. The second-order valence-corrected chi connectivity index (χ2v) is 8.83. The van der Waals surface area contributed by atoms with Crippen LogP contribution in [-0.4, -0.2) is 37.8 Å². The van der Waals surface area contributed by atoms with Crippen molar-refractivity contribution in [2.24, 2.45) is 0 Å². The lowest BCUT2D eigenvalue weighted by Gasteiger charge is -2.26. The van der Waals surface area contributed by atoms with Crippen LogP contribution in [0.25, 0.3) is 0 Å². The monoisotopic (exact) mass is 350 g/mol. The summed E-state index contributed by atoms with van der Waals surface area (Å²) in [6.45, 7) is 2.99. The number of hydrogen-bond acceptors (Lipinski definition) is 3. The Balaban J connectivity index is 1.83. The lowest BCUT2D eigenvalue weighted by Crippen LogP contribution is -2.36. The Morgan fingerprint density at radius 1 is 1.08 bits per heavy atom. The fourth-order valence-electron chi connectivity index (χ4n) is 3.59. The number of rotatable bonds is 4. The Kier molecular flexibility index (Phi) is 5.25. The fraction of sp³-hybridized carbons (Fsp3) is 0.611. The molecule has 3 rings (SSSR count). The minimum Gasteiger partial charge on any atom is -0.349 e. The second-order valence-electron chi connectivity index (χ2n) is 6.90. The molecule has 0 bridgehead atoms. The van der Waals surface area contributed by atoms with Crippen molar-refractivity contribution in [3.8, 4) is 0 Å². The first-order chi connectivity index (χ1) is 11.5. The van der Waals surface area contributed by atoms with Crippen LogP contribution in [0.4, 0.5) is 0 Å². The molecular formula is C18H26N2O3S. The van der Waals surface area contributed by atoms with Gasteiger partial charge in [-0.15, -0.1) is 0 Å². The van der Waals surface area contributed by atoms with Crippen molar-refractivity contribution in [2.75, 3.05) is 13.1 Å². The summed E-state index contributed by atoms with van der Waals surface area (Å²) >= 11 is 0. The zero-order valence-electron chi connectivity index (χ0n) is 14.3. The largest absolute Gasteiger partial charge is 0.349 e. The standard InChI is InChI=1S/C18H26N2O3S/c1-14-9-10-16(24(22,23)20-11-5-2-6-12-20)13-17(14)18(21)19-15-7-3-4-8-15/h9-10,13,15H,2-8,11-12H2,1H3,(H,19,21). The Hall–Kier alpha value is -1.40. The van der Waals surface area contributed by atoms with Crippen LogP contribution in [0.1, 0.15) is 60.9 Å². The molecule has 2 aliphatic rings. The number of aryl methyl sites for hydroxylation is 1. The number of carbonyl (C=O) groups excluding carboxylic acids is 1. The van der Waals surface area contributed by atoms with Crippen molar-refractivity contribution < 1.29 is 13.2 Å². The first-order valence-corrected chi connectivity index (χ1v) is 10.3. The van der Waals surface area contributed by atoms with Gasteiger partial charge in [0.15, 0.2) is 0 Å². The summed E-state index contributed by atoms with van der Waals surface area (Å²) in [5.74, 6) is -0.157. The molecule has 6 heteroatoms. The van der Waals surface area contributed by atoms with E-state index >= 15 is 0 Å². The van der Waals surface area contributed by atoms with Gasteiger partial charge in [-0.3, -0.25) is 4.79 Å². The molecular weight excluding hydrogens is 324 g/mol. The highest BCUT2D eigenvalue weighted by Gasteiger charge is 2.27. The van der Waals surface area contributed by atoms with Crippen LogP contribution in [-0.2, 0) is 10.0 Å². The zero-order valence-corrected chi connectivity index (χ0v) is 15.1. The number of carbonyl (C=O) groups is 1. The van der Waals surface area contributed by atoms with Crippen LogP contribution in [0.3, 0.4) is 0 Å². The molecule has 1 amide bonds. The molecule has 1 aliphatic carbocycles. The molecule has 0 radical (unpaired) electrons. The van der Waals surface area contributed by atoms with Gasteiger partial charge in [0.1, 0.15) is 0 Å². The van der Waals surface area contributed by atoms with Gasteiger partial charge in [0.25, 0.3) is 5.91 Å². The maximum atomic E-state index is 12.8. The number of piperidine rings is 1. The quantitative estimate of drug-likeness (QED) is 0.908. The summed E-state index contributed by atoms with van der Waals surface area (Å²) in [4.78, 5) is 12.8. The van der Waals surface area contributed by atoms with Crippen molar-refractivity contribution in [1.29, 1.82) is 0 Å². The van der Waals surface area contributed by atoms with Crippen LogP contribution >= 0.6 is 0 Å². The van der Waals surface area contributed by atoms with Crippen molar-refractivity contribution in [3.63, 3.8) is 0 Å². The summed E-state index contributed by atoms with van der Waals surface area (Å²) < 4.78 is 27.2. The summed E-state index contributed by atoms with van der Waals surface area (Å²) in [5.41, 5.74) is 1.28. The number of hydrogen-bond donors (Lipinski definition) is 1. The van der Waals surface area contributed by atoms with Crippen LogP contribution in [0.2, 0.25) is 0 Å². The predicted molar refractivity (Wildman–Crippen MR) is 93.5 cm³/mol. The van der Waals surface area contributed by atoms with Crippen LogP contribution in [0.15, 0.2) is 23.1 Å². The topological polar surface area (TPSA) is 66.5 Å². The minimum atomic E-state index is -3.51. The minimum absolute atomic E-state index is 0.157. The predicted octanol–water partition coefficient (Wildman–Crippen LogP) is 2.84. The molecule has 1 aromatic rings. The Labute approximate surface area is 144 Å². The normalized spacial score (nSPS) is 20.2. The average molecular weight is 350 g/mol. The van der Waals surface area contributed by atoms with E-state index in [0.717, 1.165) is 50.5 Å². The molecule has 0 unspecified atom stereocenters. The first-order valence-electron chi connectivity index (χ1n) is 8.90. The van der Waals surface area contributed by atoms with E-state index in [4.69, 9.17) is 0 Å². The summed E-state index contributed by atoms with van der Waals surface area (Å²) in [6, 6.07) is 5.12. The van der Waals surface area contributed by atoms with Gasteiger partial charge in [0.05, 0.1) is 4.90 Å². The Bertz CT molecular complexity index is 703. The van der Waals surface area contributed by atoms with Gasteiger partial charge in [-0.25, -0.2) is 8.42 Å². The SMILES string of the molecule is Cc1ccc(S(=O)(=O)N2CCCCC2)cc1C(=O)NC1CCCC1. The molecule has 0 aromatic heterocycles. The molecule has 24 heavy (non-hydrogen) atoms. The molecule has 0 spiro atoms. The van der Waals surface area contributed by atoms with Crippen molar-refractivity contribution >= 4 is 15.9 Å². The lowest BCUT2D eigenvalue weighted by atomic mass is 10.1. The van der Waals surface area contributed by atoms with Crippen LogP contribution < -0.4 is 5.32 Å². The van der Waals surface area contributed by atoms with Gasteiger partial charge in [0, 0.05) is 24.7 Å². The fourth-order valence-corrected chi connectivity index (χ4v) is 5.14. The van der Waals surface area contributed by atoms with Gasteiger partial charge >= 0.3 is 0 Å². The third-order valence-corrected chi connectivity index (χ3v) is 6.99. The number of nitrogens with one attached hydrogen (secondary N) is 1. The van der Waals surface area contributed by atoms with Gasteiger partial charge in [-0.1, -0.05) is 25.3 Å². The molecule has 0 atom stereocenters. The highest BCUT2D eigenvalue weighted by molar-refractivity contribution is 7.89. The van der Waals surface area contributed by atoms with Crippen LogP contribution in [0, 0.1) is 6.92 Å². The number of sulfonamides is 1. The lowest BCUT2D eigenvalue weighted by molar-refractivity contribution is 0.0937. The Morgan fingerprint density at radius 3 is 2.42 bits per heavy atom. The van der Waals surface area contributed by atoms with Crippen molar-refractivity contribution in [3.05, 3.63) is 29.3 Å². The van der Waals surface area contributed by atoms with Crippen molar-refractivity contribution in [2.45, 2.75) is 62.8 Å². The highest BCUT2D eigenvalue weighted by Crippen LogP contribution is 2.24. The maximum absolute atomic E-state index is 12.8. The molecule has 1 aromatic carbocycles. The molecule has 5 nitrogen and oxygen atoms in total. The molecule has 132 valence electrons. The first kappa shape index (κ1) is 17.4. The summed E-state index contributed by atoms with van der Waals surface area (Å²) in [7, 11) is -3.51. The molecule has 1 saturated carbocycles. The third-order valence-electron chi connectivity index (χ3n) is 5.10. The van der Waals surface area contributed by atoms with E-state index in [9.17, 15) is 13.2 Å². The van der Waals surface area contributed by atoms with E-state index in [1.54, 1.807) is 22.5 Å². The number of amides is 1. The zero-order chi connectivity index (χ0) is 17.2. The maximum Gasteiger partial charge on any atom is 0.251 e. The second kappa shape index (κ2) is 7.23. The van der Waals surface area contributed by atoms with Crippen LogP contribution in [0.5, 0.6) is 0 Å². The van der Waals surface area contributed by atoms with Gasteiger partial charge in [0.2, 0.25) is 10.0 Å². The van der Waals surface area contributed by atoms with Crippen molar-refractivity contribution in [1.82, 2.24) is 9.62 Å².